The van der Waals surface area contributed by atoms with Crippen LogP contribution in [0.25, 0.3) is 0 Å². The first kappa shape index (κ1) is 16.7. The zero-order valence-electron chi connectivity index (χ0n) is 12.8. The van der Waals surface area contributed by atoms with Crippen LogP contribution in [-0.4, -0.2) is 21.3 Å². The van der Waals surface area contributed by atoms with Crippen LogP contribution in [-0.2, 0) is 4.74 Å². The van der Waals surface area contributed by atoms with Crippen molar-refractivity contribution in [3.8, 4) is 11.5 Å². The molecule has 0 fully saturated rings. The van der Waals surface area contributed by atoms with E-state index in [0.29, 0.717) is 0 Å². The molecule has 0 rings (SSSR count). The van der Waals surface area contributed by atoms with Crippen LogP contribution in [0, 0.1) is 11.5 Å². The number of rotatable bonds is 6. The van der Waals surface area contributed by atoms with E-state index >= 15 is 0 Å². The Labute approximate surface area is 109 Å². The van der Waals surface area contributed by atoms with Crippen molar-refractivity contribution in [1.29, 1.82) is 0 Å². The van der Waals surface area contributed by atoms with Gasteiger partial charge in [0.2, 0.25) is 0 Å². The smallest absolute Gasteiger partial charge is 0.145 e. The second kappa shape index (κ2) is 7.95. The van der Waals surface area contributed by atoms with Crippen molar-refractivity contribution >= 4 is 8.07 Å². The molecule has 0 unspecified atom stereocenters. The van der Waals surface area contributed by atoms with Crippen molar-refractivity contribution in [1.82, 2.24) is 0 Å². The number of hydrogen-bond donors (Lipinski definition) is 0. The van der Waals surface area contributed by atoms with Crippen LogP contribution in [0.4, 0.5) is 0 Å². The average molecular weight is 254 g/mol. The summed E-state index contributed by atoms with van der Waals surface area (Å²) in [6.07, 6.45) is 0.884. The summed E-state index contributed by atoms with van der Waals surface area (Å²) in [5.74, 6) is 3.39. The third-order valence-electron chi connectivity index (χ3n) is 3.75. The van der Waals surface area contributed by atoms with Crippen molar-refractivity contribution in [3.05, 3.63) is 0 Å². The Morgan fingerprint density at radius 3 is 1.76 bits per heavy atom. The average Bonchev–Trinajstić information content (AvgIpc) is 2.21. The summed E-state index contributed by atoms with van der Waals surface area (Å²) >= 11 is 0. The second-order valence-corrected chi connectivity index (χ2v) is 11.2. The molecule has 0 aromatic rings. The monoisotopic (exact) mass is 254 g/mol. The first-order valence-electron chi connectivity index (χ1n) is 6.97. The Balaban J connectivity index is 4.80. The Hall–Kier alpha value is -0.263. The van der Waals surface area contributed by atoms with Crippen LogP contribution in [0.2, 0.25) is 16.6 Å². The number of hydrogen-bond acceptors (Lipinski definition) is 1. The maximum Gasteiger partial charge on any atom is 0.145 e. The van der Waals surface area contributed by atoms with Crippen molar-refractivity contribution in [2.75, 3.05) is 13.2 Å². The van der Waals surface area contributed by atoms with E-state index in [4.69, 9.17) is 4.74 Å². The van der Waals surface area contributed by atoms with E-state index in [9.17, 15) is 0 Å². The largest absolute Gasteiger partial charge is 0.381 e. The minimum atomic E-state index is -1.50. The predicted octanol–water partition coefficient (Wildman–Crippen LogP) is 4.63. The summed E-state index contributed by atoms with van der Waals surface area (Å²) in [5.41, 5.74) is 5.87. The molecule has 0 aromatic heterocycles. The highest BCUT2D eigenvalue weighted by Crippen LogP contribution is 2.40. The van der Waals surface area contributed by atoms with Gasteiger partial charge in [0.05, 0.1) is 6.61 Å². The van der Waals surface area contributed by atoms with E-state index in [0.717, 1.165) is 36.3 Å². The molecular formula is C15H30OSi. The summed E-state index contributed by atoms with van der Waals surface area (Å²) in [4.78, 5) is 0. The molecule has 1 nitrogen and oxygen atoms in total. The molecule has 0 heterocycles. The fourth-order valence-electron chi connectivity index (χ4n) is 2.92. The minimum Gasteiger partial charge on any atom is -0.381 e. The van der Waals surface area contributed by atoms with Gasteiger partial charge in [-0.1, -0.05) is 41.5 Å². The lowest BCUT2D eigenvalue weighted by molar-refractivity contribution is 0.154. The summed E-state index contributed by atoms with van der Waals surface area (Å²) in [6.45, 7) is 17.7. The fraction of sp³-hybridized carbons (Fsp3) is 0.867. The van der Waals surface area contributed by atoms with E-state index in [2.05, 4.69) is 53.0 Å². The highest BCUT2D eigenvalue weighted by molar-refractivity contribution is 6.90. The molecule has 0 spiro atoms. The highest BCUT2D eigenvalue weighted by Gasteiger charge is 2.41. The molecule has 0 radical (unpaired) electrons. The predicted molar refractivity (Wildman–Crippen MR) is 79.9 cm³/mol. The van der Waals surface area contributed by atoms with E-state index < -0.39 is 8.07 Å². The summed E-state index contributed by atoms with van der Waals surface area (Å²) < 4.78 is 5.34. The van der Waals surface area contributed by atoms with Gasteiger partial charge in [-0.25, -0.2) is 0 Å². The third-order valence-corrected chi connectivity index (χ3v) is 10.1. The summed E-state index contributed by atoms with van der Waals surface area (Å²) in [7, 11) is -1.50. The van der Waals surface area contributed by atoms with Crippen LogP contribution in [0.3, 0.4) is 0 Å². The van der Waals surface area contributed by atoms with Crippen molar-refractivity contribution in [3.63, 3.8) is 0 Å². The van der Waals surface area contributed by atoms with Gasteiger partial charge in [-0.15, -0.1) is 11.5 Å². The molecule has 17 heavy (non-hydrogen) atoms. The summed E-state index contributed by atoms with van der Waals surface area (Å²) in [5, 5.41) is 0. The van der Waals surface area contributed by atoms with Gasteiger partial charge in [0.1, 0.15) is 8.07 Å². The molecule has 100 valence electrons. The lowest BCUT2D eigenvalue weighted by atomic mass is 10.5. The molecule has 0 aliphatic rings. The van der Waals surface area contributed by atoms with Crippen LogP contribution >= 0.6 is 0 Å². The molecule has 0 aliphatic heterocycles. The first-order valence-corrected chi connectivity index (χ1v) is 9.20. The van der Waals surface area contributed by atoms with Gasteiger partial charge in [-0.05, 0) is 23.5 Å². The van der Waals surface area contributed by atoms with Crippen molar-refractivity contribution < 1.29 is 4.74 Å². The number of ether oxygens (including phenoxy) is 1. The molecule has 2 heteroatoms. The lowest BCUT2D eigenvalue weighted by Gasteiger charge is -2.38. The minimum absolute atomic E-state index is 0.724. The molecule has 0 amide bonds. The highest BCUT2D eigenvalue weighted by atomic mass is 28.3. The zero-order valence-corrected chi connectivity index (χ0v) is 13.8. The standard InChI is InChI=1S/C15H30OSi/c1-8-16-11-9-10-12-17(13(2)3,14(4)5)15(6)7/h13-15H,8-9,11H2,1-7H3. The maximum atomic E-state index is 5.34. The van der Waals surface area contributed by atoms with Crippen LogP contribution < -0.4 is 0 Å². The SMILES string of the molecule is CCOCCC#C[Si](C(C)C)(C(C)C)C(C)C. The van der Waals surface area contributed by atoms with Gasteiger partial charge in [0.25, 0.3) is 0 Å². The van der Waals surface area contributed by atoms with Crippen LogP contribution in [0.1, 0.15) is 54.9 Å². The molecule has 0 bridgehead atoms. The van der Waals surface area contributed by atoms with Gasteiger partial charge in [0, 0.05) is 13.0 Å². The van der Waals surface area contributed by atoms with Crippen LogP contribution in [0.5, 0.6) is 0 Å². The van der Waals surface area contributed by atoms with E-state index in [1.165, 1.54) is 0 Å². The van der Waals surface area contributed by atoms with Gasteiger partial charge in [-0.3, -0.25) is 0 Å². The quantitative estimate of drug-likeness (QED) is 0.381. The molecule has 0 saturated carbocycles. The maximum absolute atomic E-state index is 5.34. The first-order chi connectivity index (χ1) is 7.89. The Kier molecular flexibility index (Phi) is 7.82. The Morgan fingerprint density at radius 1 is 0.941 bits per heavy atom. The third kappa shape index (κ3) is 4.48. The summed E-state index contributed by atoms with van der Waals surface area (Å²) in [6, 6.07) is 0. The molecule has 0 saturated heterocycles. The topological polar surface area (TPSA) is 9.23 Å². The second-order valence-electron chi connectivity index (χ2n) is 5.65. The van der Waals surface area contributed by atoms with E-state index in [1.807, 2.05) is 6.92 Å². The Morgan fingerprint density at radius 2 is 1.41 bits per heavy atom. The van der Waals surface area contributed by atoms with Gasteiger partial charge in [0.15, 0.2) is 0 Å². The van der Waals surface area contributed by atoms with Gasteiger partial charge >= 0.3 is 0 Å². The van der Waals surface area contributed by atoms with E-state index in [1.54, 1.807) is 0 Å². The molecular weight excluding hydrogens is 224 g/mol. The van der Waals surface area contributed by atoms with Crippen molar-refractivity contribution in [2.45, 2.75) is 71.5 Å². The van der Waals surface area contributed by atoms with Crippen LogP contribution in [0.15, 0.2) is 0 Å². The molecule has 0 atom stereocenters. The lowest BCUT2D eigenvalue weighted by Crippen LogP contribution is -2.43. The Bertz CT molecular complexity index is 236. The molecule has 0 N–H and O–H groups in total. The van der Waals surface area contributed by atoms with Gasteiger partial charge < -0.3 is 4.74 Å². The van der Waals surface area contributed by atoms with Crippen molar-refractivity contribution in [2.24, 2.45) is 0 Å². The molecule has 0 aromatic carbocycles. The molecule has 0 aliphatic carbocycles. The normalized spacial score (nSPS) is 12.1. The fourth-order valence-corrected chi connectivity index (χ4v) is 8.21. The zero-order chi connectivity index (χ0) is 13.5. The van der Waals surface area contributed by atoms with E-state index in [-0.39, 0.29) is 0 Å². The van der Waals surface area contributed by atoms with Gasteiger partial charge in [-0.2, -0.15) is 0 Å².